The first kappa shape index (κ1) is 25.2. The van der Waals surface area contributed by atoms with Crippen LogP contribution in [0.5, 0.6) is 0 Å². The normalized spacial score (nSPS) is 17.9. The molecule has 3 heterocycles. The van der Waals surface area contributed by atoms with Crippen molar-refractivity contribution < 1.29 is 4.79 Å². The van der Waals surface area contributed by atoms with Gasteiger partial charge in [-0.05, 0) is 81.9 Å². The Kier molecular flexibility index (Phi) is 7.20. The van der Waals surface area contributed by atoms with E-state index in [9.17, 15) is 4.79 Å². The van der Waals surface area contributed by atoms with Gasteiger partial charge in [0.2, 0.25) is 5.91 Å². The molecule has 4 rings (SSSR count). The number of hydrogen-bond acceptors (Lipinski definition) is 3. The number of aromatic nitrogens is 2. The molecule has 3 aromatic rings. The minimum Gasteiger partial charge on any atom is -0.351 e. The Morgan fingerprint density at radius 1 is 1.14 bits per heavy atom. The lowest BCUT2D eigenvalue weighted by Gasteiger charge is -2.29. The van der Waals surface area contributed by atoms with E-state index in [0.717, 1.165) is 11.4 Å². The summed E-state index contributed by atoms with van der Waals surface area (Å²) in [5.74, 6) is -0.215. The van der Waals surface area contributed by atoms with Crippen molar-refractivity contribution in [1.29, 1.82) is 0 Å². The average molecular weight is 510 g/mol. The van der Waals surface area contributed by atoms with Gasteiger partial charge in [0.15, 0.2) is 5.11 Å². The predicted octanol–water partition coefficient (Wildman–Crippen LogP) is 6.51. The van der Waals surface area contributed by atoms with Crippen molar-refractivity contribution in [3.8, 4) is 0 Å². The van der Waals surface area contributed by atoms with Crippen LogP contribution in [0.4, 0.5) is 11.4 Å². The second-order valence-electron chi connectivity index (χ2n) is 9.59. The number of benzene rings is 1. The summed E-state index contributed by atoms with van der Waals surface area (Å²) in [5, 5.41) is 7.48. The summed E-state index contributed by atoms with van der Waals surface area (Å²) in [6.07, 6.45) is 1.81. The van der Waals surface area contributed by atoms with Crippen molar-refractivity contribution >= 4 is 46.2 Å². The number of rotatable bonds is 6. The van der Waals surface area contributed by atoms with E-state index >= 15 is 0 Å². The number of nitrogens with one attached hydrogen (secondary N) is 2. The first-order valence-electron chi connectivity index (χ1n) is 11.9. The predicted molar refractivity (Wildman–Crippen MR) is 147 cm³/mol. The maximum Gasteiger partial charge on any atom is 0.226 e. The zero-order chi connectivity index (χ0) is 25.4. The van der Waals surface area contributed by atoms with Gasteiger partial charge in [0.1, 0.15) is 0 Å². The van der Waals surface area contributed by atoms with Gasteiger partial charge >= 0.3 is 0 Å². The molecule has 2 atom stereocenters. The van der Waals surface area contributed by atoms with Crippen molar-refractivity contribution in [3.63, 3.8) is 0 Å². The molecule has 0 bridgehead atoms. The average Bonchev–Trinajstić information content (AvgIpc) is 3.30. The van der Waals surface area contributed by atoms with Gasteiger partial charge in [0.05, 0.1) is 28.5 Å². The maximum absolute atomic E-state index is 12.2. The number of pyridine rings is 1. The Morgan fingerprint density at radius 3 is 2.46 bits per heavy atom. The third kappa shape index (κ3) is 4.80. The molecule has 1 aliphatic heterocycles. The van der Waals surface area contributed by atoms with Crippen LogP contribution in [0, 0.1) is 19.8 Å². The Balaban J connectivity index is 1.81. The molecule has 184 valence electrons. The molecular weight excluding hydrogens is 478 g/mol. The Labute approximate surface area is 217 Å². The monoisotopic (exact) mass is 509 g/mol. The lowest BCUT2D eigenvalue weighted by atomic mass is 9.96. The zero-order valence-electron chi connectivity index (χ0n) is 21.0. The number of amides is 1. The zero-order valence-corrected chi connectivity index (χ0v) is 22.5. The summed E-state index contributed by atoms with van der Waals surface area (Å²) in [5.41, 5.74) is 5.95. The van der Waals surface area contributed by atoms with Gasteiger partial charge in [-0.3, -0.25) is 9.78 Å². The summed E-state index contributed by atoms with van der Waals surface area (Å²) < 4.78 is 2.35. The number of nitrogens with zero attached hydrogens (tertiary/aromatic N) is 3. The van der Waals surface area contributed by atoms with Crippen LogP contribution < -0.4 is 15.5 Å². The van der Waals surface area contributed by atoms with Crippen LogP contribution in [0.1, 0.15) is 68.5 Å². The molecule has 1 amide bonds. The molecule has 0 radical (unpaired) electrons. The maximum atomic E-state index is 12.2. The topological polar surface area (TPSA) is 62.2 Å². The van der Waals surface area contributed by atoms with Crippen LogP contribution in [0.2, 0.25) is 5.02 Å². The Bertz CT molecular complexity index is 1250. The summed E-state index contributed by atoms with van der Waals surface area (Å²) in [6, 6.07) is 13.9. The lowest BCUT2D eigenvalue weighted by Crippen LogP contribution is -2.29. The van der Waals surface area contributed by atoms with Crippen molar-refractivity contribution in [2.45, 2.75) is 59.7 Å². The van der Waals surface area contributed by atoms with E-state index in [1.165, 1.54) is 17.0 Å². The number of aryl methyl sites for hydroxylation is 1. The first-order valence-corrected chi connectivity index (χ1v) is 12.7. The lowest BCUT2D eigenvalue weighted by molar-refractivity contribution is -0.118. The van der Waals surface area contributed by atoms with Crippen LogP contribution in [0.3, 0.4) is 0 Å². The fourth-order valence-corrected chi connectivity index (χ4v) is 5.45. The fourth-order valence-electron chi connectivity index (χ4n) is 4.88. The molecule has 1 saturated heterocycles. The molecule has 1 aromatic carbocycles. The van der Waals surface area contributed by atoms with Crippen LogP contribution >= 0.6 is 23.8 Å². The molecule has 1 fully saturated rings. The van der Waals surface area contributed by atoms with Gasteiger partial charge in [0, 0.05) is 35.2 Å². The molecular formula is C27H32ClN5OS. The van der Waals surface area contributed by atoms with Crippen LogP contribution in [0.25, 0.3) is 0 Å². The third-order valence-electron chi connectivity index (χ3n) is 6.47. The number of halogens is 1. The van der Waals surface area contributed by atoms with Crippen LogP contribution in [-0.2, 0) is 4.79 Å². The minimum atomic E-state index is -0.138. The van der Waals surface area contributed by atoms with E-state index in [0.29, 0.717) is 21.9 Å². The highest BCUT2D eigenvalue weighted by Gasteiger charge is 2.42. The second kappa shape index (κ2) is 9.99. The molecule has 2 aromatic heterocycles. The second-order valence-corrected chi connectivity index (χ2v) is 10.4. The molecule has 0 spiro atoms. The molecule has 0 unspecified atom stereocenters. The Hall–Kier alpha value is -2.90. The number of anilines is 2. The number of carbonyl (C=O) groups is 1. The van der Waals surface area contributed by atoms with E-state index in [1.54, 1.807) is 6.20 Å². The van der Waals surface area contributed by atoms with E-state index in [4.69, 9.17) is 23.8 Å². The molecule has 2 N–H and O–H groups in total. The van der Waals surface area contributed by atoms with Gasteiger partial charge in [-0.25, -0.2) is 0 Å². The van der Waals surface area contributed by atoms with Crippen LogP contribution in [0.15, 0.2) is 48.7 Å². The number of thiocarbonyl (C=S) groups is 1. The third-order valence-corrected chi connectivity index (χ3v) is 7.10. The standard InChI is InChI=1S/C27H32ClN5OS/c1-15(2)26(34)30-22-11-10-19(14-21(22)28)33-25(20-13-17(5)32(16(3)4)18(20)6)24(31-27(33)35)23-9-7-8-12-29-23/h7-16,24-25H,1-6H3,(H,30,34)(H,31,35)/t24-,25-/m0/s1. The molecule has 0 aliphatic carbocycles. The summed E-state index contributed by atoms with van der Waals surface area (Å²) in [6.45, 7) is 12.4. The summed E-state index contributed by atoms with van der Waals surface area (Å²) >= 11 is 12.5. The molecule has 35 heavy (non-hydrogen) atoms. The van der Waals surface area contributed by atoms with Crippen molar-refractivity contribution in [1.82, 2.24) is 14.9 Å². The molecule has 1 aliphatic rings. The highest BCUT2D eigenvalue weighted by Crippen LogP contribution is 2.44. The molecule has 8 heteroatoms. The summed E-state index contributed by atoms with van der Waals surface area (Å²) in [4.78, 5) is 19.0. The quantitative estimate of drug-likeness (QED) is 0.371. The van der Waals surface area contributed by atoms with E-state index in [2.05, 4.69) is 58.8 Å². The van der Waals surface area contributed by atoms with Gasteiger partial charge in [-0.15, -0.1) is 0 Å². The van der Waals surface area contributed by atoms with Crippen molar-refractivity contribution in [2.24, 2.45) is 5.92 Å². The van der Waals surface area contributed by atoms with Gasteiger partial charge < -0.3 is 20.1 Å². The molecule has 6 nitrogen and oxygen atoms in total. The fraction of sp³-hybridized carbons (Fsp3) is 0.370. The number of hydrogen-bond donors (Lipinski definition) is 2. The van der Waals surface area contributed by atoms with Gasteiger partial charge in [-0.2, -0.15) is 0 Å². The van der Waals surface area contributed by atoms with E-state index < -0.39 is 0 Å². The highest BCUT2D eigenvalue weighted by molar-refractivity contribution is 7.80. The van der Waals surface area contributed by atoms with Crippen molar-refractivity contribution in [2.75, 3.05) is 10.2 Å². The van der Waals surface area contributed by atoms with E-state index in [-0.39, 0.29) is 23.9 Å². The Morgan fingerprint density at radius 2 is 1.89 bits per heavy atom. The van der Waals surface area contributed by atoms with Crippen molar-refractivity contribution in [3.05, 3.63) is 76.3 Å². The summed E-state index contributed by atoms with van der Waals surface area (Å²) in [7, 11) is 0. The minimum absolute atomic E-state index is 0.0766. The van der Waals surface area contributed by atoms with E-state index in [1.807, 2.05) is 50.2 Å². The molecule has 0 saturated carbocycles. The highest BCUT2D eigenvalue weighted by atomic mass is 35.5. The number of carbonyl (C=O) groups excluding carboxylic acids is 1. The van der Waals surface area contributed by atoms with Crippen LogP contribution in [-0.4, -0.2) is 20.6 Å². The van der Waals surface area contributed by atoms with Gasteiger partial charge in [0.25, 0.3) is 0 Å². The smallest absolute Gasteiger partial charge is 0.226 e. The first-order chi connectivity index (χ1) is 16.6. The van der Waals surface area contributed by atoms with Gasteiger partial charge in [-0.1, -0.05) is 31.5 Å². The SMILES string of the molecule is Cc1cc([C@H]2[C@H](c3ccccn3)NC(=S)N2c2ccc(NC(=O)C(C)C)c(Cl)c2)c(C)n1C(C)C. The largest absolute Gasteiger partial charge is 0.351 e.